The van der Waals surface area contributed by atoms with Crippen LogP contribution < -0.4 is 14.2 Å². The maximum absolute atomic E-state index is 10.4. The number of ether oxygens (including phenoxy) is 3. The Bertz CT molecular complexity index is 786. The number of hydrogen-bond acceptors (Lipinski definition) is 5. The van der Waals surface area contributed by atoms with E-state index < -0.39 is 0 Å². The minimum absolute atomic E-state index is 0.336. The molecule has 0 aliphatic carbocycles. The van der Waals surface area contributed by atoms with Crippen LogP contribution in [0, 0.1) is 6.92 Å². The minimum Gasteiger partial charge on any atom is -0.508 e. The molecular weight excluding hydrogens is 342 g/mol. The van der Waals surface area contributed by atoms with Crippen molar-refractivity contribution in [1.82, 2.24) is 4.90 Å². The second-order valence-electron chi connectivity index (χ2n) is 7.16. The highest BCUT2D eigenvalue weighted by Gasteiger charge is 2.18. The van der Waals surface area contributed by atoms with E-state index in [-0.39, 0.29) is 0 Å². The van der Waals surface area contributed by atoms with Crippen LogP contribution in [0.3, 0.4) is 0 Å². The van der Waals surface area contributed by atoms with Gasteiger partial charge in [0.2, 0.25) is 5.75 Å². The minimum atomic E-state index is 0.336. The Morgan fingerprint density at radius 1 is 0.926 bits per heavy atom. The molecule has 0 aromatic heterocycles. The van der Waals surface area contributed by atoms with Gasteiger partial charge in [0.25, 0.3) is 0 Å². The van der Waals surface area contributed by atoms with E-state index in [1.54, 1.807) is 21.3 Å². The van der Waals surface area contributed by atoms with Crippen molar-refractivity contribution in [3.8, 4) is 23.0 Å². The molecule has 0 radical (unpaired) electrons. The van der Waals surface area contributed by atoms with Crippen molar-refractivity contribution in [1.29, 1.82) is 0 Å². The SMILES string of the molecule is COc1ccc(CN(C)Cc2cc(C(C)C)c(C)cc2O)c(OC)c1OC. The lowest BCUT2D eigenvalue weighted by molar-refractivity contribution is 0.293. The Hall–Kier alpha value is -2.40. The highest BCUT2D eigenvalue weighted by Crippen LogP contribution is 2.40. The van der Waals surface area contributed by atoms with E-state index >= 15 is 0 Å². The summed E-state index contributed by atoms with van der Waals surface area (Å²) in [4.78, 5) is 2.14. The molecule has 0 aliphatic heterocycles. The third kappa shape index (κ3) is 4.66. The van der Waals surface area contributed by atoms with E-state index in [9.17, 15) is 5.11 Å². The van der Waals surface area contributed by atoms with Gasteiger partial charge in [-0.2, -0.15) is 0 Å². The summed E-state index contributed by atoms with van der Waals surface area (Å²) in [6.45, 7) is 7.65. The van der Waals surface area contributed by atoms with Gasteiger partial charge in [-0.25, -0.2) is 0 Å². The first-order chi connectivity index (χ1) is 12.8. The monoisotopic (exact) mass is 373 g/mol. The number of aromatic hydroxyl groups is 1. The summed E-state index contributed by atoms with van der Waals surface area (Å²) >= 11 is 0. The van der Waals surface area contributed by atoms with Gasteiger partial charge in [-0.3, -0.25) is 4.90 Å². The Morgan fingerprint density at radius 3 is 2.11 bits per heavy atom. The second kappa shape index (κ2) is 9.00. The fraction of sp³-hybridized carbons (Fsp3) is 0.455. The van der Waals surface area contributed by atoms with Gasteiger partial charge < -0.3 is 19.3 Å². The Kier molecular flexibility index (Phi) is 6.97. The molecule has 2 aromatic carbocycles. The number of nitrogens with zero attached hydrogens (tertiary/aromatic N) is 1. The molecular formula is C22H31NO4. The van der Waals surface area contributed by atoms with Gasteiger partial charge in [0, 0.05) is 24.2 Å². The van der Waals surface area contributed by atoms with Gasteiger partial charge in [0.05, 0.1) is 21.3 Å². The molecule has 2 rings (SSSR count). The molecule has 5 nitrogen and oxygen atoms in total. The first-order valence-corrected chi connectivity index (χ1v) is 9.11. The average Bonchev–Trinajstić information content (AvgIpc) is 2.62. The van der Waals surface area contributed by atoms with Gasteiger partial charge in [0.15, 0.2) is 11.5 Å². The second-order valence-corrected chi connectivity index (χ2v) is 7.16. The lowest BCUT2D eigenvalue weighted by atomic mass is 9.95. The molecule has 0 amide bonds. The average molecular weight is 373 g/mol. The molecule has 1 N–H and O–H groups in total. The van der Waals surface area contributed by atoms with Crippen LogP contribution >= 0.6 is 0 Å². The van der Waals surface area contributed by atoms with Crippen molar-refractivity contribution in [2.24, 2.45) is 0 Å². The van der Waals surface area contributed by atoms with Gasteiger partial charge in [-0.1, -0.05) is 26.0 Å². The first-order valence-electron chi connectivity index (χ1n) is 9.11. The molecule has 0 fully saturated rings. The predicted octanol–water partition coefficient (Wildman–Crippen LogP) is 4.48. The zero-order valence-electron chi connectivity index (χ0n) is 17.4. The highest BCUT2D eigenvalue weighted by atomic mass is 16.5. The van der Waals surface area contributed by atoms with Crippen LogP contribution in [-0.4, -0.2) is 38.4 Å². The molecule has 0 saturated carbocycles. The molecule has 0 saturated heterocycles. The fourth-order valence-electron chi connectivity index (χ4n) is 3.43. The van der Waals surface area contributed by atoms with Crippen molar-refractivity contribution in [3.05, 3.63) is 46.5 Å². The first kappa shape index (κ1) is 20.9. The number of hydrogen-bond donors (Lipinski definition) is 1. The van der Waals surface area contributed by atoms with Gasteiger partial charge in [0.1, 0.15) is 5.75 Å². The fourth-order valence-corrected chi connectivity index (χ4v) is 3.43. The molecule has 0 atom stereocenters. The molecule has 0 aliphatic rings. The topological polar surface area (TPSA) is 51.2 Å². The van der Waals surface area contributed by atoms with Crippen molar-refractivity contribution >= 4 is 0 Å². The number of phenolic OH excluding ortho intramolecular Hbond substituents is 1. The van der Waals surface area contributed by atoms with E-state index in [1.165, 1.54) is 5.56 Å². The van der Waals surface area contributed by atoms with Gasteiger partial charge in [-0.05, 0) is 43.1 Å². The Morgan fingerprint density at radius 2 is 1.56 bits per heavy atom. The van der Waals surface area contributed by atoms with E-state index in [4.69, 9.17) is 14.2 Å². The smallest absolute Gasteiger partial charge is 0.203 e. The maximum atomic E-state index is 10.4. The summed E-state index contributed by atoms with van der Waals surface area (Å²) in [7, 11) is 6.85. The molecule has 0 bridgehead atoms. The number of phenols is 1. The lowest BCUT2D eigenvalue weighted by Gasteiger charge is -2.22. The highest BCUT2D eigenvalue weighted by molar-refractivity contribution is 5.55. The summed E-state index contributed by atoms with van der Waals surface area (Å²) in [6.07, 6.45) is 0. The Balaban J connectivity index is 2.26. The quantitative estimate of drug-likeness (QED) is 0.739. The molecule has 0 spiro atoms. The maximum Gasteiger partial charge on any atom is 0.203 e. The van der Waals surface area contributed by atoms with Crippen molar-refractivity contribution < 1.29 is 19.3 Å². The number of rotatable bonds is 8. The normalized spacial score (nSPS) is 11.1. The van der Waals surface area contributed by atoms with Crippen molar-refractivity contribution in [2.45, 2.75) is 39.8 Å². The summed E-state index contributed by atoms with van der Waals surface area (Å²) in [6, 6.07) is 7.82. The third-order valence-corrected chi connectivity index (χ3v) is 4.76. The Labute approximate surface area is 162 Å². The van der Waals surface area contributed by atoms with Gasteiger partial charge >= 0.3 is 0 Å². The summed E-state index contributed by atoms with van der Waals surface area (Å²) in [5.41, 5.74) is 4.30. The van der Waals surface area contributed by atoms with E-state index in [0.717, 1.165) is 16.7 Å². The standard InChI is InChI=1S/C22H31NO4/c1-14(2)18-11-17(19(24)10-15(18)3)13-23(4)12-16-8-9-20(25-5)22(27-7)21(16)26-6/h8-11,14,24H,12-13H2,1-7H3. The third-order valence-electron chi connectivity index (χ3n) is 4.76. The van der Waals surface area contributed by atoms with E-state index in [0.29, 0.717) is 42.0 Å². The molecule has 27 heavy (non-hydrogen) atoms. The van der Waals surface area contributed by atoms with Gasteiger partial charge in [-0.15, -0.1) is 0 Å². The molecule has 0 unspecified atom stereocenters. The number of methoxy groups -OCH3 is 3. The number of benzene rings is 2. The predicted molar refractivity (Wildman–Crippen MR) is 108 cm³/mol. The van der Waals surface area contributed by atoms with Crippen LogP contribution in [0.5, 0.6) is 23.0 Å². The number of aryl methyl sites for hydroxylation is 1. The van der Waals surface area contributed by atoms with Crippen LogP contribution in [0.4, 0.5) is 0 Å². The summed E-state index contributed by atoms with van der Waals surface area (Å²) in [5, 5.41) is 10.4. The zero-order chi connectivity index (χ0) is 20.1. The van der Waals surface area contributed by atoms with Crippen molar-refractivity contribution in [3.63, 3.8) is 0 Å². The van der Waals surface area contributed by atoms with Crippen LogP contribution in [0.1, 0.15) is 42.0 Å². The molecule has 148 valence electrons. The van der Waals surface area contributed by atoms with Crippen molar-refractivity contribution in [2.75, 3.05) is 28.4 Å². The molecule has 2 aromatic rings. The largest absolute Gasteiger partial charge is 0.508 e. The van der Waals surface area contributed by atoms with E-state index in [1.807, 2.05) is 32.2 Å². The zero-order valence-corrected chi connectivity index (χ0v) is 17.4. The van der Waals surface area contributed by atoms with Crippen LogP contribution in [-0.2, 0) is 13.1 Å². The summed E-state index contributed by atoms with van der Waals surface area (Å²) in [5.74, 6) is 2.65. The van der Waals surface area contributed by atoms with E-state index in [2.05, 4.69) is 24.8 Å². The van der Waals surface area contributed by atoms with Crippen LogP contribution in [0.2, 0.25) is 0 Å². The summed E-state index contributed by atoms with van der Waals surface area (Å²) < 4.78 is 16.4. The molecule has 0 heterocycles. The van der Waals surface area contributed by atoms with Crippen LogP contribution in [0.25, 0.3) is 0 Å². The molecule has 5 heteroatoms. The lowest BCUT2D eigenvalue weighted by Crippen LogP contribution is -2.18. The van der Waals surface area contributed by atoms with Crippen LogP contribution in [0.15, 0.2) is 24.3 Å².